The molecule has 5 nitrogen and oxygen atoms in total. The Morgan fingerprint density at radius 3 is 2.61 bits per heavy atom. The van der Waals surface area contributed by atoms with Gasteiger partial charge in [-0.25, -0.2) is 4.98 Å². The van der Waals surface area contributed by atoms with E-state index in [2.05, 4.69) is 31.3 Å². The van der Waals surface area contributed by atoms with E-state index < -0.39 is 0 Å². The minimum Gasteiger partial charge on any atom is -0.384 e. The fraction of sp³-hybridized carbons (Fsp3) is 0.500. The average molecular weight is 353 g/mol. The first-order valence-electron chi connectivity index (χ1n) is 7.78. The van der Waals surface area contributed by atoms with Crippen LogP contribution >= 0.6 is 23.1 Å². The van der Waals surface area contributed by atoms with Crippen LogP contribution in [0.5, 0.6) is 0 Å². The van der Waals surface area contributed by atoms with Gasteiger partial charge in [0.15, 0.2) is 0 Å². The maximum Gasteiger partial charge on any atom is 0.205 e. The first-order valence-corrected chi connectivity index (χ1v) is 8.93. The number of benzene rings is 1. The number of halogens is 1. The molecule has 0 spiro atoms. The molecule has 0 bridgehead atoms. The van der Waals surface area contributed by atoms with Crippen molar-refractivity contribution in [2.75, 3.05) is 44.8 Å². The van der Waals surface area contributed by atoms with Gasteiger partial charge < -0.3 is 9.64 Å². The van der Waals surface area contributed by atoms with Gasteiger partial charge in [0.2, 0.25) is 5.13 Å². The minimum atomic E-state index is 0.672. The second-order valence-corrected chi connectivity index (χ2v) is 6.79. The smallest absolute Gasteiger partial charge is 0.205 e. The number of ether oxygens (including phenoxy) is 1. The summed E-state index contributed by atoms with van der Waals surface area (Å²) in [6.45, 7) is 5.70. The molecule has 2 heterocycles. The molecule has 3 rings (SSSR count). The Bertz CT molecular complexity index is 611. The second-order valence-electron chi connectivity index (χ2n) is 5.63. The summed E-state index contributed by atoms with van der Waals surface area (Å²) in [5.74, 6) is 0.885. The van der Waals surface area contributed by atoms with Crippen molar-refractivity contribution in [3.8, 4) is 0 Å². The molecule has 7 heteroatoms. The van der Waals surface area contributed by atoms with Crippen LogP contribution in [0.2, 0.25) is 5.02 Å². The van der Waals surface area contributed by atoms with Crippen molar-refractivity contribution in [3.05, 3.63) is 40.7 Å². The summed E-state index contributed by atoms with van der Waals surface area (Å²) < 4.78 is 9.48. The number of aromatic nitrogens is 2. The van der Waals surface area contributed by atoms with Crippen molar-refractivity contribution in [1.29, 1.82) is 0 Å². The minimum absolute atomic E-state index is 0.672. The fourth-order valence-electron chi connectivity index (χ4n) is 2.61. The normalized spacial score (nSPS) is 16.0. The van der Waals surface area contributed by atoms with Crippen LogP contribution < -0.4 is 4.90 Å². The third-order valence-corrected chi connectivity index (χ3v) is 5.02. The van der Waals surface area contributed by atoms with Crippen molar-refractivity contribution in [3.63, 3.8) is 0 Å². The van der Waals surface area contributed by atoms with Gasteiger partial charge in [-0.2, -0.15) is 4.37 Å². The Kier molecular flexibility index (Phi) is 5.83. The van der Waals surface area contributed by atoms with Gasteiger partial charge in [0.05, 0.1) is 6.61 Å². The summed E-state index contributed by atoms with van der Waals surface area (Å²) in [5, 5.41) is 1.82. The zero-order valence-electron chi connectivity index (χ0n) is 13.2. The highest BCUT2D eigenvalue weighted by Crippen LogP contribution is 2.20. The summed E-state index contributed by atoms with van der Waals surface area (Å²) in [4.78, 5) is 9.40. The number of rotatable bonds is 6. The molecule has 23 heavy (non-hydrogen) atoms. The molecule has 1 aliphatic heterocycles. The Hall–Kier alpha value is -1.21. The molecule has 1 aliphatic rings. The molecule has 0 amide bonds. The number of hydrogen-bond donors (Lipinski definition) is 0. The van der Waals surface area contributed by atoms with Gasteiger partial charge in [0, 0.05) is 62.8 Å². The Morgan fingerprint density at radius 2 is 1.91 bits per heavy atom. The Balaban J connectivity index is 1.50. The number of nitrogens with zero attached hydrogens (tertiary/aromatic N) is 4. The van der Waals surface area contributed by atoms with E-state index in [-0.39, 0.29) is 0 Å². The van der Waals surface area contributed by atoms with Gasteiger partial charge in [-0.3, -0.25) is 4.90 Å². The number of hydrogen-bond acceptors (Lipinski definition) is 6. The van der Waals surface area contributed by atoms with Crippen LogP contribution in [-0.4, -0.2) is 54.2 Å². The number of piperazine rings is 1. The lowest BCUT2D eigenvalue weighted by molar-refractivity contribution is 0.201. The van der Waals surface area contributed by atoms with Gasteiger partial charge in [-0.05, 0) is 17.7 Å². The van der Waals surface area contributed by atoms with Gasteiger partial charge in [-0.1, -0.05) is 23.7 Å². The van der Waals surface area contributed by atoms with E-state index >= 15 is 0 Å². The van der Waals surface area contributed by atoms with Crippen molar-refractivity contribution < 1.29 is 4.74 Å². The predicted octanol–water partition coefficient (Wildman–Crippen LogP) is 2.70. The molecule has 0 radical (unpaired) electrons. The molecule has 0 saturated carbocycles. The van der Waals surface area contributed by atoms with Crippen LogP contribution in [0.15, 0.2) is 24.3 Å². The molecule has 1 aromatic heterocycles. The van der Waals surface area contributed by atoms with E-state index in [0.29, 0.717) is 6.61 Å². The van der Waals surface area contributed by atoms with Crippen molar-refractivity contribution in [2.24, 2.45) is 0 Å². The highest BCUT2D eigenvalue weighted by molar-refractivity contribution is 7.09. The molecule has 1 saturated heterocycles. The van der Waals surface area contributed by atoms with Gasteiger partial charge in [-0.15, -0.1) is 0 Å². The van der Waals surface area contributed by atoms with E-state index in [1.165, 1.54) is 17.1 Å². The van der Waals surface area contributed by atoms with Crippen molar-refractivity contribution >= 4 is 28.3 Å². The average Bonchev–Trinajstić information content (AvgIpc) is 3.05. The standard InChI is InChI=1S/C16H21ClN4OS/c1-22-11-6-15-18-16(23-19-15)21-9-7-20(8-10-21)12-13-2-4-14(17)5-3-13/h2-5H,6-12H2,1H3. The second kappa shape index (κ2) is 8.06. The fourth-order valence-corrected chi connectivity index (χ4v) is 3.50. The molecule has 2 aromatic rings. The van der Waals surface area contributed by atoms with E-state index in [0.717, 1.165) is 55.1 Å². The predicted molar refractivity (Wildman–Crippen MR) is 94.4 cm³/mol. The molecular formula is C16H21ClN4OS. The third kappa shape index (κ3) is 4.64. The first kappa shape index (κ1) is 16.6. The lowest BCUT2D eigenvalue weighted by Crippen LogP contribution is -2.45. The Labute approximate surface area is 146 Å². The van der Waals surface area contributed by atoms with Crippen LogP contribution in [-0.2, 0) is 17.7 Å². The highest BCUT2D eigenvalue weighted by Gasteiger charge is 2.20. The number of anilines is 1. The quantitative estimate of drug-likeness (QED) is 0.799. The third-order valence-electron chi connectivity index (χ3n) is 3.95. The lowest BCUT2D eigenvalue weighted by atomic mass is 10.2. The molecule has 1 fully saturated rings. The topological polar surface area (TPSA) is 41.5 Å². The molecule has 124 valence electrons. The molecular weight excluding hydrogens is 332 g/mol. The van der Waals surface area contributed by atoms with Crippen LogP contribution in [0.3, 0.4) is 0 Å². The SMILES string of the molecule is COCCc1nsc(N2CCN(Cc3ccc(Cl)cc3)CC2)n1. The molecule has 0 atom stereocenters. The first-order chi connectivity index (χ1) is 11.2. The van der Waals surface area contributed by atoms with E-state index in [1.54, 1.807) is 7.11 Å². The Morgan fingerprint density at radius 1 is 1.17 bits per heavy atom. The number of methoxy groups -OCH3 is 1. The molecule has 0 N–H and O–H groups in total. The monoisotopic (exact) mass is 352 g/mol. The van der Waals surface area contributed by atoms with E-state index in [4.69, 9.17) is 16.3 Å². The summed E-state index contributed by atoms with van der Waals surface area (Å²) in [7, 11) is 1.70. The van der Waals surface area contributed by atoms with Crippen molar-refractivity contribution in [1.82, 2.24) is 14.3 Å². The zero-order chi connectivity index (χ0) is 16.1. The summed E-state index contributed by atoms with van der Waals surface area (Å²) >= 11 is 7.42. The lowest BCUT2D eigenvalue weighted by Gasteiger charge is -2.34. The maximum absolute atomic E-state index is 5.94. The maximum atomic E-state index is 5.94. The van der Waals surface area contributed by atoms with E-state index in [9.17, 15) is 0 Å². The van der Waals surface area contributed by atoms with E-state index in [1.807, 2.05) is 12.1 Å². The van der Waals surface area contributed by atoms with Crippen LogP contribution in [0, 0.1) is 0 Å². The van der Waals surface area contributed by atoms with Crippen LogP contribution in [0.25, 0.3) is 0 Å². The largest absolute Gasteiger partial charge is 0.384 e. The molecule has 0 unspecified atom stereocenters. The van der Waals surface area contributed by atoms with Gasteiger partial charge in [0.1, 0.15) is 5.82 Å². The van der Waals surface area contributed by atoms with Gasteiger partial charge in [0.25, 0.3) is 0 Å². The summed E-state index contributed by atoms with van der Waals surface area (Å²) in [6, 6.07) is 8.11. The molecule has 1 aromatic carbocycles. The molecule has 0 aliphatic carbocycles. The zero-order valence-corrected chi connectivity index (χ0v) is 14.8. The highest BCUT2D eigenvalue weighted by atomic mass is 35.5. The van der Waals surface area contributed by atoms with Crippen molar-refractivity contribution in [2.45, 2.75) is 13.0 Å². The van der Waals surface area contributed by atoms with Crippen LogP contribution in [0.1, 0.15) is 11.4 Å². The van der Waals surface area contributed by atoms with Gasteiger partial charge >= 0.3 is 0 Å². The summed E-state index contributed by atoms with van der Waals surface area (Å²) in [5.41, 5.74) is 1.31. The summed E-state index contributed by atoms with van der Waals surface area (Å²) in [6.07, 6.45) is 0.781. The van der Waals surface area contributed by atoms with Crippen LogP contribution in [0.4, 0.5) is 5.13 Å².